The first-order chi connectivity index (χ1) is 15.2. The average molecular weight is 448 g/mol. The van der Waals surface area contributed by atoms with Gasteiger partial charge >= 0.3 is 0 Å². The van der Waals surface area contributed by atoms with Crippen LogP contribution in [0.2, 0.25) is 0 Å². The van der Waals surface area contributed by atoms with Crippen LogP contribution in [-0.4, -0.2) is 62.8 Å². The molecule has 0 radical (unpaired) electrons. The zero-order chi connectivity index (χ0) is 21.9. The van der Waals surface area contributed by atoms with Crippen LogP contribution in [-0.2, 0) is 14.3 Å². The molecule has 3 rings (SSSR count). The summed E-state index contributed by atoms with van der Waals surface area (Å²) in [6.07, 6.45) is 2.29. The Morgan fingerprint density at radius 3 is 2.90 bits per heavy atom. The van der Waals surface area contributed by atoms with E-state index in [2.05, 4.69) is 15.6 Å². The van der Waals surface area contributed by atoms with Gasteiger partial charge in [-0.05, 0) is 30.7 Å². The third-order valence-electron chi connectivity index (χ3n) is 4.19. The van der Waals surface area contributed by atoms with Gasteiger partial charge in [0.25, 0.3) is 5.91 Å². The summed E-state index contributed by atoms with van der Waals surface area (Å²) in [5.41, 5.74) is 1.05. The van der Waals surface area contributed by atoms with Crippen molar-refractivity contribution >= 4 is 29.3 Å². The second kappa shape index (κ2) is 12.1. The summed E-state index contributed by atoms with van der Waals surface area (Å²) < 4.78 is 20.8. The summed E-state index contributed by atoms with van der Waals surface area (Å²) >= 11 is 1.20. The molecule has 2 amide bonds. The van der Waals surface area contributed by atoms with Crippen LogP contribution < -0.4 is 20.1 Å². The van der Waals surface area contributed by atoms with E-state index in [1.165, 1.54) is 11.8 Å². The molecular weight excluding hydrogens is 422 g/mol. The van der Waals surface area contributed by atoms with E-state index in [4.69, 9.17) is 18.9 Å². The van der Waals surface area contributed by atoms with Gasteiger partial charge in [-0.15, -0.1) is 0 Å². The number of hydrogen-bond donors (Lipinski definition) is 2. The van der Waals surface area contributed by atoms with Gasteiger partial charge in [0.2, 0.25) is 12.7 Å². The Hall–Kier alpha value is -2.82. The molecule has 0 fully saturated rings. The van der Waals surface area contributed by atoms with Gasteiger partial charge in [0, 0.05) is 38.2 Å². The van der Waals surface area contributed by atoms with Crippen LogP contribution in [0.1, 0.15) is 16.8 Å². The van der Waals surface area contributed by atoms with Crippen LogP contribution in [0.15, 0.2) is 41.6 Å². The Kier molecular flexibility index (Phi) is 8.95. The molecular formula is C21H25N3O6S. The van der Waals surface area contributed by atoms with E-state index in [1.54, 1.807) is 43.6 Å². The fourth-order valence-electron chi connectivity index (χ4n) is 2.70. The minimum Gasteiger partial charge on any atom is -0.454 e. The molecule has 1 aromatic heterocycles. The minimum absolute atomic E-state index is 0.110. The fraction of sp³-hybridized carbons (Fsp3) is 0.381. The molecule has 10 heteroatoms. The monoisotopic (exact) mass is 447 g/mol. The highest BCUT2D eigenvalue weighted by Crippen LogP contribution is 2.34. The Balaban J connectivity index is 1.45. The van der Waals surface area contributed by atoms with Crippen molar-refractivity contribution in [2.45, 2.75) is 11.4 Å². The van der Waals surface area contributed by atoms with Crippen LogP contribution in [0.3, 0.4) is 0 Å². The molecule has 0 aliphatic carbocycles. The van der Waals surface area contributed by atoms with Crippen LogP contribution >= 0.6 is 11.8 Å². The van der Waals surface area contributed by atoms with E-state index in [9.17, 15) is 9.59 Å². The molecule has 0 unspecified atom stereocenters. The SMILES string of the molecule is COCCOCCCNC(=O)c1cccnc1SCC(=O)Nc1ccc2c(c1)OCO2. The summed E-state index contributed by atoms with van der Waals surface area (Å²) in [4.78, 5) is 29.1. The van der Waals surface area contributed by atoms with E-state index in [0.717, 1.165) is 0 Å². The summed E-state index contributed by atoms with van der Waals surface area (Å²) in [6, 6.07) is 8.59. The van der Waals surface area contributed by atoms with Gasteiger partial charge in [-0.3, -0.25) is 9.59 Å². The second-order valence-corrected chi connectivity index (χ2v) is 7.44. The fourth-order valence-corrected chi connectivity index (χ4v) is 3.49. The van der Waals surface area contributed by atoms with Gasteiger partial charge in [-0.25, -0.2) is 4.98 Å². The molecule has 2 aromatic rings. The molecule has 0 atom stereocenters. The Labute approximate surface area is 184 Å². The summed E-state index contributed by atoms with van der Waals surface area (Å²) in [6.45, 7) is 2.27. The maximum absolute atomic E-state index is 12.5. The number of nitrogens with one attached hydrogen (secondary N) is 2. The standard InChI is InChI=1S/C21H25N3O6S/c1-27-10-11-28-9-3-8-22-20(26)16-4-2-7-23-21(16)31-13-19(25)24-15-5-6-17-18(12-15)30-14-29-17/h2,4-7,12H,3,8-11,13-14H2,1H3,(H,22,26)(H,24,25). The molecule has 1 aliphatic heterocycles. The molecule has 1 aromatic carbocycles. The minimum atomic E-state index is -0.233. The van der Waals surface area contributed by atoms with Crippen LogP contribution in [0, 0.1) is 0 Å². The summed E-state index contributed by atoms with van der Waals surface area (Å²) in [5, 5.41) is 6.16. The number of carbonyl (C=O) groups is 2. The number of methoxy groups -OCH3 is 1. The molecule has 2 N–H and O–H groups in total. The topological polar surface area (TPSA) is 108 Å². The van der Waals surface area contributed by atoms with E-state index in [0.29, 0.717) is 60.6 Å². The Morgan fingerprint density at radius 2 is 2.03 bits per heavy atom. The lowest BCUT2D eigenvalue weighted by Crippen LogP contribution is -2.26. The number of fused-ring (bicyclic) bond motifs is 1. The van der Waals surface area contributed by atoms with Gasteiger partial charge in [-0.2, -0.15) is 0 Å². The number of hydrogen-bond acceptors (Lipinski definition) is 8. The second-order valence-electron chi connectivity index (χ2n) is 6.48. The van der Waals surface area contributed by atoms with Gasteiger partial charge in [-0.1, -0.05) is 11.8 Å². The van der Waals surface area contributed by atoms with Crippen molar-refractivity contribution in [2.75, 3.05) is 51.3 Å². The van der Waals surface area contributed by atoms with Gasteiger partial charge < -0.3 is 29.6 Å². The Morgan fingerprint density at radius 1 is 1.16 bits per heavy atom. The number of anilines is 1. The lowest BCUT2D eigenvalue weighted by atomic mass is 10.2. The number of ether oxygens (including phenoxy) is 4. The van der Waals surface area contributed by atoms with Crippen LogP contribution in [0.25, 0.3) is 0 Å². The first kappa shape index (κ1) is 22.9. The highest BCUT2D eigenvalue weighted by Gasteiger charge is 2.16. The maximum Gasteiger partial charge on any atom is 0.254 e. The first-order valence-corrected chi connectivity index (χ1v) is 10.8. The first-order valence-electron chi connectivity index (χ1n) is 9.79. The molecule has 2 heterocycles. The molecule has 0 spiro atoms. The van der Waals surface area contributed by atoms with E-state index in [-0.39, 0.29) is 24.4 Å². The third-order valence-corrected chi connectivity index (χ3v) is 5.20. The lowest BCUT2D eigenvalue weighted by Gasteiger charge is -2.10. The molecule has 0 bridgehead atoms. The third kappa shape index (κ3) is 7.12. The highest BCUT2D eigenvalue weighted by molar-refractivity contribution is 8.00. The molecule has 0 saturated heterocycles. The van der Waals surface area contributed by atoms with Crippen molar-refractivity contribution in [3.63, 3.8) is 0 Å². The largest absolute Gasteiger partial charge is 0.454 e. The predicted octanol–water partition coefficient (Wildman–Crippen LogP) is 2.32. The average Bonchev–Trinajstić information content (AvgIpc) is 3.25. The zero-order valence-electron chi connectivity index (χ0n) is 17.2. The van der Waals surface area contributed by atoms with Crippen molar-refractivity contribution < 1.29 is 28.5 Å². The number of nitrogens with zero attached hydrogens (tertiary/aromatic N) is 1. The van der Waals surface area contributed by atoms with Crippen molar-refractivity contribution in [2.24, 2.45) is 0 Å². The normalized spacial score (nSPS) is 11.9. The molecule has 31 heavy (non-hydrogen) atoms. The number of carbonyl (C=O) groups excluding carboxylic acids is 2. The van der Waals surface area contributed by atoms with Crippen molar-refractivity contribution in [3.8, 4) is 11.5 Å². The number of aromatic nitrogens is 1. The number of thioether (sulfide) groups is 1. The number of benzene rings is 1. The molecule has 0 saturated carbocycles. The Bertz CT molecular complexity index is 895. The van der Waals surface area contributed by atoms with Gasteiger partial charge in [0.1, 0.15) is 5.03 Å². The maximum atomic E-state index is 12.5. The van der Waals surface area contributed by atoms with Crippen LogP contribution in [0.5, 0.6) is 11.5 Å². The number of amides is 2. The van der Waals surface area contributed by atoms with Gasteiger partial charge in [0.15, 0.2) is 11.5 Å². The van der Waals surface area contributed by atoms with Crippen molar-refractivity contribution in [1.82, 2.24) is 10.3 Å². The van der Waals surface area contributed by atoms with Crippen LogP contribution in [0.4, 0.5) is 5.69 Å². The van der Waals surface area contributed by atoms with E-state index < -0.39 is 0 Å². The number of rotatable bonds is 12. The van der Waals surface area contributed by atoms with E-state index >= 15 is 0 Å². The molecule has 166 valence electrons. The molecule has 9 nitrogen and oxygen atoms in total. The lowest BCUT2D eigenvalue weighted by molar-refractivity contribution is -0.113. The summed E-state index contributed by atoms with van der Waals surface area (Å²) in [7, 11) is 1.62. The van der Waals surface area contributed by atoms with Gasteiger partial charge in [0.05, 0.1) is 24.5 Å². The quantitative estimate of drug-likeness (QED) is 0.377. The smallest absolute Gasteiger partial charge is 0.254 e. The molecule has 1 aliphatic rings. The number of pyridine rings is 1. The zero-order valence-corrected chi connectivity index (χ0v) is 18.0. The van der Waals surface area contributed by atoms with Crippen molar-refractivity contribution in [1.29, 1.82) is 0 Å². The highest BCUT2D eigenvalue weighted by atomic mass is 32.2. The predicted molar refractivity (Wildman–Crippen MR) is 116 cm³/mol. The summed E-state index contributed by atoms with van der Waals surface area (Å²) in [5.74, 6) is 0.910. The van der Waals surface area contributed by atoms with Crippen molar-refractivity contribution in [3.05, 3.63) is 42.1 Å². The van der Waals surface area contributed by atoms with E-state index in [1.807, 2.05) is 0 Å².